The van der Waals surface area contributed by atoms with Crippen LogP contribution in [-0.2, 0) is 13.2 Å². The van der Waals surface area contributed by atoms with Gasteiger partial charge in [-0.25, -0.2) is 4.98 Å². The van der Waals surface area contributed by atoms with Gasteiger partial charge in [0.1, 0.15) is 12.0 Å². The van der Waals surface area contributed by atoms with E-state index in [1.165, 1.54) is 6.26 Å². The van der Waals surface area contributed by atoms with Gasteiger partial charge in [-0.05, 0) is 23.8 Å². The molecule has 0 amide bonds. The Morgan fingerprint density at radius 1 is 1.44 bits per heavy atom. The fraction of sp³-hybridized carbons (Fsp3) is 0.182. The Labute approximate surface area is 97.7 Å². The number of hydrogen-bond donors (Lipinski definition) is 2. The third kappa shape index (κ3) is 2.09. The second kappa shape index (κ2) is 4.65. The van der Waals surface area contributed by atoms with Crippen molar-refractivity contribution < 1.29 is 9.52 Å². The summed E-state index contributed by atoms with van der Waals surface area (Å²) in [4.78, 5) is 4.10. The number of aliphatic hydroxyl groups is 1. The van der Waals surface area contributed by atoms with Crippen molar-refractivity contribution in [3.63, 3.8) is 0 Å². The van der Waals surface area contributed by atoms with E-state index >= 15 is 0 Å². The molecule has 4 nitrogen and oxygen atoms in total. The van der Waals surface area contributed by atoms with E-state index < -0.39 is 0 Å². The van der Waals surface area contributed by atoms with Crippen molar-refractivity contribution in [3.8, 4) is 11.5 Å². The van der Waals surface area contributed by atoms with Crippen molar-refractivity contribution in [1.29, 1.82) is 0 Å². The van der Waals surface area contributed by atoms with Gasteiger partial charge < -0.3 is 15.3 Å². The molecule has 0 saturated carbocycles. The average molecular weight is 239 g/mol. The van der Waals surface area contributed by atoms with Crippen LogP contribution in [-0.4, -0.2) is 10.1 Å². The summed E-state index contributed by atoms with van der Waals surface area (Å²) < 4.78 is 5.23. The predicted molar refractivity (Wildman–Crippen MR) is 60.8 cm³/mol. The minimum Gasteiger partial charge on any atom is -0.444 e. The van der Waals surface area contributed by atoms with E-state index in [9.17, 15) is 0 Å². The van der Waals surface area contributed by atoms with Gasteiger partial charge in [0.2, 0.25) is 5.89 Å². The van der Waals surface area contributed by atoms with E-state index in [-0.39, 0.29) is 6.61 Å². The summed E-state index contributed by atoms with van der Waals surface area (Å²) in [5.74, 6) is 0.454. The maximum atomic E-state index is 8.88. The maximum Gasteiger partial charge on any atom is 0.226 e. The van der Waals surface area contributed by atoms with Gasteiger partial charge in [-0.15, -0.1) is 0 Å². The molecule has 1 heterocycles. The number of aliphatic hydroxyl groups excluding tert-OH is 1. The van der Waals surface area contributed by atoms with E-state index in [1.54, 1.807) is 12.1 Å². The van der Waals surface area contributed by atoms with E-state index in [4.69, 9.17) is 26.9 Å². The van der Waals surface area contributed by atoms with Gasteiger partial charge in [-0.3, -0.25) is 0 Å². The van der Waals surface area contributed by atoms with Crippen LogP contribution in [0, 0.1) is 0 Å². The highest BCUT2D eigenvalue weighted by atomic mass is 35.5. The molecule has 0 unspecified atom stereocenters. The van der Waals surface area contributed by atoms with Crippen molar-refractivity contribution in [3.05, 3.63) is 40.7 Å². The van der Waals surface area contributed by atoms with E-state index in [0.29, 0.717) is 23.2 Å². The van der Waals surface area contributed by atoms with Crippen LogP contribution in [0.25, 0.3) is 11.5 Å². The quantitative estimate of drug-likeness (QED) is 0.857. The highest BCUT2D eigenvalue weighted by Crippen LogP contribution is 2.24. The fourth-order valence-corrected chi connectivity index (χ4v) is 1.57. The van der Waals surface area contributed by atoms with Crippen molar-refractivity contribution in [1.82, 2.24) is 4.98 Å². The van der Waals surface area contributed by atoms with E-state index in [0.717, 1.165) is 11.1 Å². The Morgan fingerprint density at radius 3 is 2.88 bits per heavy atom. The van der Waals surface area contributed by atoms with Gasteiger partial charge in [0.15, 0.2) is 0 Å². The monoisotopic (exact) mass is 238 g/mol. The standard InChI is InChI=1S/C11H11ClN2O2/c12-10-2-1-7(3-8(10)4-13)11-14-9(5-15)6-16-11/h1-3,6,15H,4-5,13H2. The summed E-state index contributed by atoms with van der Waals surface area (Å²) in [6.45, 7) is 0.223. The largest absolute Gasteiger partial charge is 0.444 e. The molecule has 0 aliphatic heterocycles. The molecule has 0 bridgehead atoms. The van der Waals surface area contributed by atoms with Crippen molar-refractivity contribution in [2.24, 2.45) is 5.73 Å². The number of benzene rings is 1. The molecular weight excluding hydrogens is 228 g/mol. The molecule has 3 N–H and O–H groups in total. The van der Waals surface area contributed by atoms with E-state index in [1.807, 2.05) is 6.07 Å². The molecule has 0 aliphatic rings. The molecule has 0 aliphatic carbocycles. The topological polar surface area (TPSA) is 72.3 Å². The summed E-state index contributed by atoms with van der Waals surface area (Å²) in [6, 6.07) is 5.38. The summed E-state index contributed by atoms with van der Waals surface area (Å²) in [6.07, 6.45) is 1.42. The molecule has 84 valence electrons. The Kier molecular flexibility index (Phi) is 3.24. The Balaban J connectivity index is 2.40. The lowest BCUT2D eigenvalue weighted by atomic mass is 10.1. The zero-order valence-corrected chi connectivity index (χ0v) is 9.24. The van der Waals surface area contributed by atoms with Crippen LogP contribution in [0.2, 0.25) is 5.02 Å². The Morgan fingerprint density at radius 2 is 2.25 bits per heavy atom. The van der Waals surface area contributed by atoms with Crippen LogP contribution in [0.15, 0.2) is 28.9 Å². The lowest BCUT2D eigenvalue weighted by molar-refractivity contribution is 0.276. The molecule has 1 aromatic carbocycles. The Bertz CT molecular complexity index is 496. The molecule has 1 aromatic heterocycles. The molecule has 0 radical (unpaired) electrons. The lowest BCUT2D eigenvalue weighted by Gasteiger charge is -2.02. The van der Waals surface area contributed by atoms with Crippen LogP contribution in [0.3, 0.4) is 0 Å². The SMILES string of the molecule is NCc1cc(-c2nc(CO)co2)ccc1Cl. The summed E-state index contributed by atoms with van der Waals surface area (Å²) in [7, 11) is 0. The first kappa shape index (κ1) is 11.1. The van der Waals surface area contributed by atoms with Crippen LogP contribution >= 0.6 is 11.6 Å². The number of nitrogens with two attached hydrogens (primary N) is 1. The molecule has 2 aromatic rings. The van der Waals surface area contributed by atoms with Crippen molar-refractivity contribution in [2.75, 3.05) is 0 Å². The minimum absolute atomic E-state index is 0.138. The molecule has 2 rings (SSSR count). The van der Waals surface area contributed by atoms with Crippen LogP contribution in [0.4, 0.5) is 0 Å². The lowest BCUT2D eigenvalue weighted by Crippen LogP contribution is -1.97. The normalized spacial score (nSPS) is 10.7. The minimum atomic E-state index is -0.138. The number of halogens is 1. The summed E-state index contributed by atoms with van der Waals surface area (Å²) >= 11 is 5.95. The maximum absolute atomic E-state index is 8.88. The second-order valence-corrected chi connectivity index (χ2v) is 3.72. The Hall–Kier alpha value is -1.36. The smallest absolute Gasteiger partial charge is 0.226 e. The molecule has 5 heteroatoms. The third-order valence-corrected chi connectivity index (χ3v) is 2.60. The number of aromatic nitrogens is 1. The van der Waals surface area contributed by atoms with E-state index in [2.05, 4.69) is 4.98 Å². The molecule has 0 saturated heterocycles. The first-order chi connectivity index (χ1) is 7.74. The molecule has 0 spiro atoms. The highest BCUT2D eigenvalue weighted by molar-refractivity contribution is 6.31. The second-order valence-electron chi connectivity index (χ2n) is 3.31. The number of rotatable bonds is 3. The van der Waals surface area contributed by atoms with Crippen molar-refractivity contribution >= 4 is 11.6 Å². The van der Waals surface area contributed by atoms with Crippen LogP contribution in [0.1, 0.15) is 11.3 Å². The number of oxazole rings is 1. The molecule has 0 atom stereocenters. The first-order valence-corrected chi connectivity index (χ1v) is 5.16. The van der Waals surface area contributed by atoms with Crippen molar-refractivity contribution in [2.45, 2.75) is 13.2 Å². The zero-order valence-electron chi connectivity index (χ0n) is 8.48. The van der Waals surface area contributed by atoms with Gasteiger partial charge >= 0.3 is 0 Å². The number of nitrogens with zero attached hydrogens (tertiary/aromatic N) is 1. The molecule has 16 heavy (non-hydrogen) atoms. The van der Waals surface area contributed by atoms with Crippen LogP contribution < -0.4 is 5.73 Å². The molecule has 0 fully saturated rings. The predicted octanol–water partition coefficient (Wildman–Crippen LogP) is 1.95. The van der Waals surface area contributed by atoms with Gasteiger partial charge in [-0.2, -0.15) is 0 Å². The molecular formula is C11H11ClN2O2. The van der Waals surface area contributed by atoms with Gasteiger partial charge in [0.25, 0.3) is 0 Å². The first-order valence-electron chi connectivity index (χ1n) is 4.78. The highest BCUT2D eigenvalue weighted by Gasteiger charge is 2.08. The average Bonchev–Trinajstić information content (AvgIpc) is 2.78. The van der Waals surface area contributed by atoms with Gasteiger partial charge in [0, 0.05) is 17.1 Å². The summed E-state index contributed by atoms with van der Waals surface area (Å²) in [5.41, 5.74) is 7.68. The van der Waals surface area contributed by atoms with Crippen LogP contribution in [0.5, 0.6) is 0 Å². The zero-order chi connectivity index (χ0) is 11.5. The number of hydrogen-bond acceptors (Lipinski definition) is 4. The fourth-order valence-electron chi connectivity index (χ4n) is 1.38. The summed E-state index contributed by atoms with van der Waals surface area (Å²) in [5, 5.41) is 9.50. The van der Waals surface area contributed by atoms with Gasteiger partial charge in [-0.1, -0.05) is 11.6 Å². The van der Waals surface area contributed by atoms with Gasteiger partial charge in [0.05, 0.1) is 6.61 Å². The third-order valence-electron chi connectivity index (χ3n) is 2.23.